The Hall–Kier alpha value is -1.65. The number of halogens is 2. The molecular weight excluding hydrogens is 192 g/mol. The lowest BCUT2D eigenvalue weighted by Gasteiger charge is -2.23. The van der Waals surface area contributed by atoms with E-state index in [1.54, 1.807) is 6.07 Å². The van der Waals surface area contributed by atoms with E-state index in [1.165, 1.54) is 24.3 Å². The van der Waals surface area contributed by atoms with Gasteiger partial charge in [0.15, 0.2) is 0 Å². The highest BCUT2D eigenvalue weighted by Crippen LogP contribution is 2.25. The van der Waals surface area contributed by atoms with Crippen molar-refractivity contribution in [2.75, 3.05) is 5.12 Å². The third-order valence-electron chi connectivity index (χ3n) is 1.74. The van der Waals surface area contributed by atoms with Crippen LogP contribution in [0.2, 0.25) is 0 Å². The van der Waals surface area contributed by atoms with Gasteiger partial charge in [0.25, 0.3) is 0 Å². The summed E-state index contributed by atoms with van der Waals surface area (Å²) in [5.74, 6) is -4.93. The van der Waals surface area contributed by atoms with Crippen molar-refractivity contribution in [3.8, 4) is 0 Å². The van der Waals surface area contributed by atoms with E-state index < -0.39 is 16.9 Å². The van der Waals surface area contributed by atoms with E-state index >= 15 is 0 Å². The van der Waals surface area contributed by atoms with Gasteiger partial charge in [0, 0.05) is 6.92 Å². The van der Waals surface area contributed by atoms with Crippen molar-refractivity contribution in [3.05, 3.63) is 30.3 Å². The molecule has 0 aromatic heterocycles. The fourth-order valence-electron chi connectivity index (χ4n) is 0.885. The largest absolute Gasteiger partial charge is 0.477 e. The standard InChI is InChI=1S/C9H9F2NO2/c1-9(10,8(13)14)12(11)7-5-3-2-4-6-7/h2-6H,1H3,(H,13,14)/t9-/m0/s1. The van der Waals surface area contributed by atoms with E-state index in [2.05, 4.69) is 0 Å². The summed E-state index contributed by atoms with van der Waals surface area (Å²) in [6.45, 7) is 0.641. The molecule has 0 saturated heterocycles. The molecule has 0 aliphatic rings. The summed E-state index contributed by atoms with van der Waals surface area (Å²) in [4.78, 5) is 10.4. The smallest absolute Gasteiger partial charge is 0.364 e. The molecule has 0 spiro atoms. The minimum absolute atomic E-state index is 0.139. The molecule has 14 heavy (non-hydrogen) atoms. The summed E-state index contributed by atoms with van der Waals surface area (Å²) in [6.07, 6.45) is 0. The Morgan fingerprint density at radius 1 is 1.43 bits per heavy atom. The zero-order chi connectivity index (χ0) is 10.8. The Morgan fingerprint density at radius 2 is 1.93 bits per heavy atom. The first kappa shape index (κ1) is 10.4. The van der Waals surface area contributed by atoms with Crippen molar-refractivity contribution in [2.45, 2.75) is 12.7 Å². The minimum atomic E-state index is -3.05. The number of carboxylic acids is 1. The lowest BCUT2D eigenvalue weighted by atomic mass is 10.2. The fraction of sp³-hybridized carbons (Fsp3) is 0.222. The van der Waals surface area contributed by atoms with Crippen LogP contribution in [0.25, 0.3) is 0 Å². The highest BCUT2D eigenvalue weighted by atomic mass is 19.2. The van der Waals surface area contributed by atoms with Crippen molar-refractivity contribution in [1.29, 1.82) is 0 Å². The van der Waals surface area contributed by atoms with Crippen LogP contribution in [0.5, 0.6) is 0 Å². The number of benzene rings is 1. The number of anilines is 1. The number of rotatable bonds is 3. The van der Waals surface area contributed by atoms with Gasteiger partial charge in [-0.15, -0.1) is 0 Å². The van der Waals surface area contributed by atoms with Gasteiger partial charge in [-0.3, -0.25) is 0 Å². The number of para-hydroxylation sites is 1. The molecule has 1 N–H and O–H groups in total. The number of alkyl halides is 1. The topological polar surface area (TPSA) is 40.5 Å². The Bertz CT molecular complexity index is 327. The van der Waals surface area contributed by atoms with E-state index in [-0.39, 0.29) is 5.69 Å². The Kier molecular flexibility index (Phi) is 2.69. The van der Waals surface area contributed by atoms with E-state index in [9.17, 15) is 13.7 Å². The highest BCUT2D eigenvalue weighted by molar-refractivity contribution is 5.80. The summed E-state index contributed by atoms with van der Waals surface area (Å²) in [5, 5.41) is 8.00. The predicted octanol–water partition coefficient (Wildman–Crippen LogP) is 2.15. The van der Waals surface area contributed by atoms with Crippen LogP contribution in [-0.2, 0) is 4.79 Å². The molecule has 1 atom stereocenters. The van der Waals surface area contributed by atoms with E-state index in [0.29, 0.717) is 6.92 Å². The Balaban J connectivity index is 2.96. The average Bonchev–Trinajstić information content (AvgIpc) is 2.17. The van der Waals surface area contributed by atoms with Crippen LogP contribution in [0.15, 0.2) is 30.3 Å². The number of carboxylic acid groups (broad SMARTS) is 1. The van der Waals surface area contributed by atoms with Gasteiger partial charge in [0.2, 0.25) is 0 Å². The molecule has 76 valence electrons. The van der Waals surface area contributed by atoms with E-state index in [1.807, 2.05) is 0 Å². The molecule has 0 amide bonds. The number of aliphatic carboxylic acids is 1. The van der Waals surface area contributed by atoms with Gasteiger partial charge in [0.1, 0.15) is 0 Å². The normalized spacial score (nSPS) is 14.5. The average molecular weight is 201 g/mol. The molecule has 0 saturated carbocycles. The molecule has 3 nitrogen and oxygen atoms in total. The number of hydrogen-bond acceptors (Lipinski definition) is 2. The molecule has 0 aliphatic heterocycles. The van der Waals surface area contributed by atoms with Gasteiger partial charge in [0.05, 0.1) is 5.69 Å². The summed E-state index contributed by atoms with van der Waals surface area (Å²) >= 11 is 0. The molecular formula is C9H9F2NO2. The van der Waals surface area contributed by atoms with Gasteiger partial charge in [-0.05, 0) is 12.1 Å². The lowest BCUT2D eigenvalue weighted by Crippen LogP contribution is -2.44. The SMILES string of the molecule is C[C@@](F)(C(=O)O)N(F)c1ccccc1. The molecule has 0 fully saturated rings. The molecule has 0 radical (unpaired) electrons. The van der Waals surface area contributed by atoms with Crippen LogP contribution in [0, 0.1) is 0 Å². The second kappa shape index (κ2) is 3.61. The Labute approximate surface area is 79.5 Å². The van der Waals surface area contributed by atoms with Crippen molar-refractivity contribution in [1.82, 2.24) is 0 Å². The van der Waals surface area contributed by atoms with Crippen LogP contribution < -0.4 is 5.12 Å². The molecule has 0 heterocycles. The molecule has 1 aromatic carbocycles. The summed E-state index contributed by atoms with van der Waals surface area (Å²) in [5.41, 5.74) is -0.139. The molecule has 0 bridgehead atoms. The Morgan fingerprint density at radius 3 is 2.36 bits per heavy atom. The number of nitrogens with zero attached hydrogens (tertiary/aromatic N) is 1. The first-order valence-electron chi connectivity index (χ1n) is 3.89. The number of hydrogen-bond donors (Lipinski definition) is 1. The summed E-state index contributed by atoms with van der Waals surface area (Å²) < 4.78 is 26.5. The lowest BCUT2D eigenvalue weighted by molar-refractivity contribution is -0.151. The maximum atomic E-state index is 13.2. The van der Waals surface area contributed by atoms with Crippen LogP contribution in [0.3, 0.4) is 0 Å². The first-order chi connectivity index (χ1) is 6.46. The van der Waals surface area contributed by atoms with Gasteiger partial charge in [-0.25, -0.2) is 9.18 Å². The monoisotopic (exact) mass is 201 g/mol. The predicted molar refractivity (Wildman–Crippen MR) is 47.2 cm³/mol. The second-order valence-electron chi connectivity index (χ2n) is 2.87. The van der Waals surface area contributed by atoms with Crippen molar-refractivity contribution in [3.63, 3.8) is 0 Å². The molecule has 0 aliphatic carbocycles. The first-order valence-corrected chi connectivity index (χ1v) is 3.89. The zero-order valence-electron chi connectivity index (χ0n) is 7.45. The molecule has 5 heteroatoms. The second-order valence-corrected chi connectivity index (χ2v) is 2.87. The van der Waals surface area contributed by atoms with E-state index in [4.69, 9.17) is 5.11 Å². The van der Waals surface area contributed by atoms with E-state index in [0.717, 1.165) is 0 Å². The summed E-state index contributed by atoms with van der Waals surface area (Å²) in [7, 11) is 0. The fourth-order valence-corrected chi connectivity index (χ4v) is 0.885. The van der Waals surface area contributed by atoms with Gasteiger partial charge >= 0.3 is 11.8 Å². The third kappa shape index (κ3) is 1.81. The maximum absolute atomic E-state index is 13.2. The van der Waals surface area contributed by atoms with Crippen LogP contribution in [-0.4, -0.2) is 16.9 Å². The van der Waals surface area contributed by atoms with Crippen molar-refractivity contribution in [2.24, 2.45) is 0 Å². The van der Waals surface area contributed by atoms with Crippen LogP contribution >= 0.6 is 0 Å². The maximum Gasteiger partial charge on any atom is 0.364 e. The number of carbonyl (C=O) groups is 1. The molecule has 1 aromatic rings. The molecule has 0 unspecified atom stereocenters. The zero-order valence-corrected chi connectivity index (χ0v) is 7.45. The van der Waals surface area contributed by atoms with Crippen molar-refractivity contribution < 1.29 is 18.8 Å². The highest BCUT2D eigenvalue weighted by Gasteiger charge is 2.41. The van der Waals surface area contributed by atoms with Gasteiger partial charge in [-0.2, -0.15) is 5.12 Å². The van der Waals surface area contributed by atoms with Crippen molar-refractivity contribution >= 4 is 11.7 Å². The molecule has 1 rings (SSSR count). The van der Waals surface area contributed by atoms with Crippen LogP contribution in [0.1, 0.15) is 6.92 Å². The minimum Gasteiger partial charge on any atom is -0.477 e. The quantitative estimate of drug-likeness (QED) is 0.601. The van der Waals surface area contributed by atoms with Gasteiger partial charge in [-0.1, -0.05) is 22.7 Å². The third-order valence-corrected chi connectivity index (χ3v) is 1.74. The van der Waals surface area contributed by atoms with Crippen LogP contribution in [0.4, 0.5) is 14.6 Å². The summed E-state index contributed by atoms with van der Waals surface area (Å²) in [6, 6.07) is 7.15. The van der Waals surface area contributed by atoms with Gasteiger partial charge < -0.3 is 5.11 Å².